The summed E-state index contributed by atoms with van der Waals surface area (Å²) in [4.78, 5) is 35.1. The van der Waals surface area contributed by atoms with Crippen molar-refractivity contribution in [3.05, 3.63) is 92.9 Å². The van der Waals surface area contributed by atoms with Gasteiger partial charge < -0.3 is 9.30 Å². The van der Waals surface area contributed by atoms with Crippen molar-refractivity contribution in [2.75, 3.05) is 5.32 Å². The zero-order valence-electron chi connectivity index (χ0n) is 17.5. The molecule has 8 heteroatoms. The number of nitro benzene ring substituents is 1. The Bertz CT molecular complexity index is 1140. The number of rotatable bonds is 5. The van der Waals surface area contributed by atoms with Gasteiger partial charge in [0.15, 0.2) is 0 Å². The summed E-state index contributed by atoms with van der Waals surface area (Å²) in [6.45, 7) is 5.71. The molecule has 0 aliphatic carbocycles. The van der Waals surface area contributed by atoms with Crippen LogP contribution in [0.25, 0.3) is 11.1 Å². The third-order valence-electron chi connectivity index (χ3n) is 4.36. The van der Waals surface area contributed by atoms with Gasteiger partial charge in [0, 0.05) is 29.6 Å². The van der Waals surface area contributed by atoms with Crippen molar-refractivity contribution in [2.24, 2.45) is 0 Å². The molecule has 0 spiro atoms. The lowest BCUT2D eigenvalue weighted by Crippen LogP contribution is -2.27. The normalized spacial score (nSPS) is 11.1. The lowest BCUT2D eigenvalue weighted by molar-refractivity contribution is -0.384. The van der Waals surface area contributed by atoms with Crippen LogP contribution in [0.1, 0.15) is 26.3 Å². The van der Waals surface area contributed by atoms with Gasteiger partial charge in [0.1, 0.15) is 5.60 Å². The summed E-state index contributed by atoms with van der Waals surface area (Å²) >= 11 is 0. The minimum atomic E-state index is -0.583. The monoisotopic (exact) mass is 421 g/mol. The minimum absolute atomic E-state index is 0.0277. The fourth-order valence-corrected chi connectivity index (χ4v) is 2.96. The van der Waals surface area contributed by atoms with Crippen LogP contribution in [0, 0.1) is 10.1 Å². The van der Waals surface area contributed by atoms with E-state index in [2.05, 4.69) is 5.32 Å². The van der Waals surface area contributed by atoms with E-state index in [0.29, 0.717) is 23.4 Å². The van der Waals surface area contributed by atoms with Crippen molar-refractivity contribution in [1.82, 2.24) is 4.57 Å². The molecule has 0 aliphatic heterocycles. The second kappa shape index (κ2) is 8.83. The maximum Gasteiger partial charge on any atom is 0.412 e. The van der Waals surface area contributed by atoms with Gasteiger partial charge in [0.2, 0.25) is 0 Å². The lowest BCUT2D eigenvalue weighted by Gasteiger charge is -2.19. The van der Waals surface area contributed by atoms with Crippen LogP contribution in [0.2, 0.25) is 0 Å². The number of hydrogen-bond acceptors (Lipinski definition) is 5. The molecule has 31 heavy (non-hydrogen) atoms. The first-order chi connectivity index (χ1) is 14.6. The van der Waals surface area contributed by atoms with Crippen molar-refractivity contribution in [1.29, 1.82) is 0 Å². The Morgan fingerprint density at radius 2 is 1.71 bits per heavy atom. The third-order valence-corrected chi connectivity index (χ3v) is 4.36. The molecule has 8 nitrogen and oxygen atoms in total. The van der Waals surface area contributed by atoms with Crippen molar-refractivity contribution >= 4 is 17.5 Å². The lowest BCUT2D eigenvalue weighted by atomic mass is 10.1. The Hall–Kier alpha value is -3.94. The predicted octanol–water partition coefficient (Wildman–Crippen LogP) is 4.82. The van der Waals surface area contributed by atoms with Gasteiger partial charge in [-0.1, -0.05) is 12.1 Å². The molecule has 0 bridgehead atoms. The summed E-state index contributed by atoms with van der Waals surface area (Å²) in [5.41, 5.74) is 1.72. The third kappa shape index (κ3) is 5.79. The molecule has 2 aromatic carbocycles. The average molecular weight is 421 g/mol. The molecule has 0 radical (unpaired) electrons. The van der Waals surface area contributed by atoms with Gasteiger partial charge >= 0.3 is 6.09 Å². The van der Waals surface area contributed by atoms with Gasteiger partial charge in [0.05, 0.1) is 11.5 Å². The van der Waals surface area contributed by atoms with Gasteiger partial charge in [-0.3, -0.25) is 20.2 Å². The number of carbonyl (C=O) groups excluding carboxylic acids is 1. The van der Waals surface area contributed by atoms with Gasteiger partial charge in [-0.15, -0.1) is 0 Å². The van der Waals surface area contributed by atoms with E-state index in [1.165, 1.54) is 12.1 Å². The van der Waals surface area contributed by atoms with Crippen LogP contribution >= 0.6 is 0 Å². The number of benzene rings is 2. The SMILES string of the molecule is CC(C)(C)OC(=O)Nc1ccc(Cn2cccc(-c3ccc([N+](=O)[O-])cc3)c2=O)cc1. The molecular formula is C23H23N3O5. The second-order valence-electron chi connectivity index (χ2n) is 7.98. The number of aromatic nitrogens is 1. The van der Waals surface area contributed by atoms with Crippen LogP contribution < -0.4 is 10.9 Å². The van der Waals surface area contributed by atoms with Crippen LogP contribution in [-0.2, 0) is 11.3 Å². The molecule has 3 aromatic rings. The maximum absolute atomic E-state index is 12.9. The number of anilines is 1. The van der Waals surface area contributed by atoms with E-state index in [0.717, 1.165) is 5.56 Å². The molecule has 3 rings (SSSR count). The molecule has 1 heterocycles. The first-order valence-electron chi connectivity index (χ1n) is 9.65. The van der Waals surface area contributed by atoms with Gasteiger partial charge in [-0.25, -0.2) is 4.79 Å². The Morgan fingerprint density at radius 1 is 1.06 bits per heavy atom. The Balaban J connectivity index is 1.74. The molecule has 0 fully saturated rings. The van der Waals surface area contributed by atoms with Crippen molar-refractivity contribution in [3.8, 4) is 11.1 Å². The molecule has 1 amide bonds. The van der Waals surface area contributed by atoms with E-state index in [9.17, 15) is 19.7 Å². The zero-order valence-corrected chi connectivity index (χ0v) is 17.5. The number of nitrogens with zero attached hydrogens (tertiary/aromatic N) is 2. The topological polar surface area (TPSA) is 103 Å². The highest BCUT2D eigenvalue weighted by Gasteiger charge is 2.16. The van der Waals surface area contributed by atoms with E-state index >= 15 is 0 Å². The molecule has 0 saturated carbocycles. The van der Waals surface area contributed by atoms with Gasteiger partial charge in [0.25, 0.3) is 11.2 Å². The highest BCUT2D eigenvalue weighted by atomic mass is 16.6. The summed E-state index contributed by atoms with van der Waals surface area (Å²) in [6, 6.07) is 16.5. The van der Waals surface area contributed by atoms with E-state index in [-0.39, 0.29) is 11.2 Å². The number of non-ortho nitro benzene ring substituents is 1. The molecular weight excluding hydrogens is 398 g/mol. The second-order valence-corrected chi connectivity index (χ2v) is 7.98. The van der Waals surface area contributed by atoms with Crippen molar-refractivity contribution in [2.45, 2.75) is 32.9 Å². The predicted molar refractivity (Wildman–Crippen MR) is 118 cm³/mol. The van der Waals surface area contributed by atoms with Gasteiger partial charge in [-0.2, -0.15) is 0 Å². The summed E-state index contributed by atoms with van der Waals surface area (Å²) in [6.07, 6.45) is 1.15. The van der Waals surface area contributed by atoms with Crippen LogP contribution in [0.5, 0.6) is 0 Å². The number of carbonyl (C=O) groups is 1. The average Bonchev–Trinajstić information content (AvgIpc) is 2.69. The smallest absolute Gasteiger partial charge is 0.412 e. The number of ether oxygens (including phenoxy) is 1. The highest BCUT2D eigenvalue weighted by molar-refractivity contribution is 5.84. The summed E-state index contributed by atoms with van der Waals surface area (Å²) in [5.74, 6) is 0. The number of nitro groups is 1. The number of nitrogens with one attached hydrogen (secondary N) is 1. The fraction of sp³-hybridized carbons (Fsp3) is 0.217. The number of pyridine rings is 1. The zero-order chi connectivity index (χ0) is 22.6. The fourth-order valence-electron chi connectivity index (χ4n) is 2.96. The highest BCUT2D eigenvalue weighted by Crippen LogP contribution is 2.20. The Kier molecular flexibility index (Phi) is 6.20. The quantitative estimate of drug-likeness (QED) is 0.470. The maximum atomic E-state index is 12.9. The molecule has 0 atom stereocenters. The van der Waals surface area contributed by atoms with Crippen molar-refractivity contribution < 1.29 is 14.5 Å². The summed E-state index contributed by atoms with van der Waals surface area (Å²) in [7, 11) is 0. The van der Waals surface area contributed by atoms with Crippen LogP contribution in [0.3, 0.4) is 0 Å². The largest absolute Gasteiger partial charge is 0.444 e. The summed E-state index contributed by atoms with van der Waals surface area (Å²) < 4.78 is 6.79. The first-order valence-corrected chi connectivity index (χ1v) is 9.65. The molecule has 0 aliphatic rings. The van der Waals surface area contributed by atoms with Crippen LogP contribution in [0.4, 0.5) is 16.2 Å². The van der Waals surface area contributed by atoms with E-state index in [1.807, 2.05) is 12.1 Å². The van der Waals surface area contributed by atoms with Gasteiger partial charge in [-0.05, 0) is 68.3 Å². The number of hydrogen-bond donors (Lipinski definition) is 1. The van der Waals surface area contributed by atoms with E-state index < -0.39 is 16.6 Å². The minimum Gasteiger partial charge on any atom is -0.444 e. The van der Waals surface area contributed by atoms with Crippen molar-refractivity contribution in [3.63, 3.8) is 0 Å². The first kappa shape index (κ1) is 21.8. The molecule has 1 aromatic heterocycles. The van der Waals surface area contributed by atoms with Crippen LogP contribution in [0.15, 0.2) is 71.7 Å². The Labute approximate surface area is 179 Å². The summed E-state index contributed by atoms with van der Waals surface area (Å²) in [5, 5.41) is 13.5. The van der Waals surface area contributed by atoms with Crippen LogP contribution in [-0.4, -0.2) is 21.2 Å². The van der Waals surface area contributed by atoms with E-state index in [4.69, 9.17) is 4.74 Å². The standard InChI is InChI=1S/C23H23N3O5/c1-23(2,3)31-22(28)24-18-10-6-16(7-11-18)15-25-14-4-5-20(21(25)27)17-8-12-19(13-9-17)26(29)30/h4-14H,15H2,1-3H3,(H,24,28). The number of amides is 1. The van der Waals surface area contributed by atoms with E-state index in [1.54, 1.807) is 67.9 Å². The molecule has 0 unspecified atom stereocenters. The molecule has 1 N–H and O–H groups in total. The Morgan fingerprint density at radius 3 is 2.29 bits per heavy atom. The molecule has 160 valence electrons. The molecule has 0 saturated heterocycles.